The fourth-order valence-corrected chi connectivity index (χ4v) is 2.64. The third-order valence-corrected chi connectivity index (χ3v) is 4.21. The van der Waals surface area contributed by atoms with Crippen LogP contribution in [0, 0.1) is 5.92 Å². The third kappa shape index (κ3) is 3.27. The van der Waals surface area contributed by atoms with Crippen molar-refractivity contribution in [2.75, 3.05) is 13.1 Å². The number of alkyl halides is 3. The van der Waals surface area contributed by atoms with Crippen LogP contribution in [0.5, 0.6) is 0 Å². The van der Waals surface area contributed by atoms with Crippen molar-refractivity contribution < 1.29 is 18.3 Å². The number of hydrogen-bond acceptors (Lipinski definition) is 2. The molecule has 0 aromatic heterocycles. The first-order valence-corrected chi connectivity index (χ1v) is 6.84. The lowest BCUT2D eigenvalue weighted by Gasteiger charge is -2.32. The van der Waals surface area contributed by atoms with Gasteiger partial charge in [-0.1, -0.05) is 23.7 Å². The summed E-state index contributed by atoms with van der Waals surface area (Å²) < 4.78 is 38.4. The molecule has 0 bridgehead atoms. The molecule has 2 unspecified atom stereocenters. The number of nitrogens with zero attached hydrogens (tertiary/aromatic N) is 1. The van der Waals surface area contributed by atoms with Crippen LogP contribution in [0.15, 0.2) is 24.3 Å². The third-order valence-electron chi connectivity index (χ3n) is 3.96. The topological polar surface area (TPSA) is 23.5 Å². The Kier molecular flexibility index (Phi) is 4.33. The maximum Gasteiger partial charge on any atom is 0.417 e. The highest BCUT2D eigenvalue weighted by atomic mass is 35.5. The van der Waals surface area contributed by atoms with Gasteiger partial charge in [-0.3, -0.25) is 4.90 Å². The SMILES string of the molecule is CC(O)(C1CCN(Cc2ccc(Cl)cc2)C1)C(F)(F)F. The molecule has 1 aliphatic rings. The van der Waals surface area contributed by atoms with Gasteiger partial charge in [0.1, 0.15) is 0 Å². The van der Waals surface area contributed by atoms with Gasteiger partial charge in [0.25, 0.3) is 0 Å². The second kappa shape index (κ2) is 5.54. The highest BCUT2D eigenvalue weighted by Gasteiger charge is 2.55. The molecule has 1 heterocycles. The molecule has 1 saturated heterocycles. The number of rotatable bonds is 3. The second-order valence-corrected chi connectivity index (χ2v) is 5.93. The molecule has 2 rings (SSSR count). The Morgan fingerprint density at radius 1 is 1.30 bits per heavy atom. The van der Waals surface area contributed by atoms with Gasteiger partial charge in [-0.25, -0.2) is 0 Å². The van der Waals surface area contributed by atoms with Crippen LogP contribution in [0.4, 0.5) is 13.2 Å². The Morgan fingerprint density at radius 2 is 1.90 bits per heavy atom. The number of aliphatic hydroxyl groups is 1. The lowest BCUT2D eigenvalue weighted by molar-refractivity contribution is -0.270. The molecule has 1 aromatic carbocycles. The van der Waals surface area contributed by atoms with Crippen LogP contribution in [-0.4, -0.2) is 34.9 Å². The van der Waals surface area contributed by atoms with Gasteiger partial charge >= 0.3 is 6.18 Å². The van der Waals surface area contributed by atoms with Crippen molar-refractivity contribution in [1.82, 2.24) is 4.90 Å². The quantitative estimate of drug-likeness (QED) is 0.924. The molecule has 2 atom stereocenters. The predicted octanol–water partition coefficient (Wildman–Crippen LogP) is 3.48. The molecule has 1 aliphatic heterocycles. The summed E-state index contributed by atoms with van der Waals surface area (Å²) in [5.74, 6) is -0.783. The summed E-state index contributed by atoms with van der Waals surface area (Å²) in [5.41, 5.74) is -1.62. The number of likely N-dealkylation sites (tertiary alicyclic amines) is 1. The van der Waals surface area contributed by atoms with E-state index in [9.17, 15) is 18.3 Å². The Morgan fingerprint density at radius 3 is 2.45 bits per heavy atom. The average Bonchev–Trinajstić information content (AvgIpc) is 2.80. The van der Waals surface area contributed by atoms with Crippen molar-refractivity contribution in [2.24, 2.45) is 5.92 Å². The van der Waals surface area contributed by atoms with Gasteiger partial charge in [-0.15, -0.1) is 0 Å². The molecule has 1 N–H and O–H groups in total. The normalized spacial score (nSPS) is 23.8. The van der Waals surface area contributed by atoms with Crippen LogP contribution in [-0.2, 0) is 6.54 Å². The van der Waals surface area contributed by atoms with Gasteiger partial charge < -0.3 is 5.11 Å². The zero-order valence-corrected chi connectivity index (χ0v) is 11.9. The smallest absolute Gasteiger partial charge is 0.380 e. The van der Waals surface area contributed by atoms with E-state index >= 15 is 0 Å². The number of halogens is 4. The van der Waals surface area contributed by atoms with E-state index in [4.69, 9.17) is 11.6 Å². The van der Waals surface area contributed by atoms with Crippen LogP contribution < -0.4 is 0 Å². The van der Waals surface area contributed by atoms with Crippen molar-refractivity contribution in [3.05, 3.63) is 34.9 Å². The molecule has 1 fully saturated rings. The van der Waals surface area contributed by atoms with Gasteiger partial charge in [0.15, 0.2) is 5.60 Å². The van der Waals surface area contributed by atoms with Gasteiger partial charge in [0, 0.05) is 24.0 Å². The number of hydrogen-bond donors (Lipinski definition) is 1. The molecule has 20 heavy (non-hydrogen) atoms. The minimum Gasteiger partial charge on any atom is -0.380 e. The Bertz CT molecular complexity index is 458. The summed E-state index contributed by atoms with van der Waals surface area (Å²) >= 11 is 5.79. The standard InChI is InChI=1S/C14H17ClF3NO/c1-13(20,14(16,17)18)11-6-7-19(9-11)8-10-2-4-12(15)5-3-10/h2-5,11,20H,6-9H2,1H3. The fourth-order valence-electron chi connectivity index (χ4n) is 2.51. The summed E-state index contributed by atoms with van der Waals surface area (Å²) in [7, 11) is 0. The molecule has 0 radical (unpaired) electrons. The summed E-state index contributed by atoms with van der Waals surface area (Å²) in [6.45, 7) is 2.24. The minimum absolute atomic E-state index is 0.245. The monoisotopic (exact) mass is 307 g/mol. The van der Waals surface area contributed by atoms with E-state index in [1.54, 1.807) is 12.1 Å². The summed E-state index contributed by atoms with van der Waals surface area (Å²) in [6, 6.07) is 7.24. The van der Waals surface area contributed by atoms with Crippen LogP contribution in [0.2, 0.25) is 5.02 Å². The number of benzene rings is 1. The Labute approximate surface area is 121 Å². The van der Waals surface area contributed by atoms with E-state index in [0.29, 0.717) is 24.5 Å². The molecule has 6 heteroatoms. The Balaban J connectivity index is 1.97. The van der Waals surface area contributed by atoms with Gasteiger partial charge in [0.05, 0.1) is 0 Å². The molecular formula is C14H17ClF3NO. The van der Waals surface area contributed by atoms with Crippen molar-refractivity contribution >= 4 is 11.6 Å². The zero-order chi connectivity index (χ0) is 15.0. The van der Waals surface area contributed by atoms with E-state index in [2.05, 4.69) is 0 Å². The maximum absolute atomic E-state index is 12.8. The molecule has 0 saturated carbocycles. The van der Waals surface area contributed by atoms with E-state index in [1.807, 2.05) is 17.0 Å². The van der Waals surface area contributed by atoms with Crippen molar-refractivity contribution in [3.8, 4) is 0 Å². The summed E-state index contributed by atoms with van der Waals surface area (Å²) in [4.78, 5) is 1.92. The molecule has 0 aliphatic carbocycles. The lowest BCUT2D eigenvalue weighted by atomic mass is 9.88. The van der Waals surface area contributed by atoms with Crippen molar-refractivity contribution in [1.29, 1.82) is 0 Å². The Hall–Kier alpha value is -0.780. The van der Waals surface area contributed by atoms with Crippen LogP contribution in [0.25, 0.3) is 0 Å². The van der Waals surface area contributed by atoms with Crippen molar-refractivity contribution in [2.45, 2.75) is 31.7 Å². The van der Waals surface area contributed by atoms with E-state index in [0.717, 1.165) is 12.5 Å². The highest BCUT2D eigenvalue weighted by molar-refractivity contribution is 6.30. The van der Waals surface area contributed by atoms with E-state index in [-0.39, 0.29) is 6.54 Å². The molecular weight excluding hydrogens is 291 g/mol. The summed E-state index contributed by atoms with van der Waals surface area (Å²) in [5, 5.41) is 10.3. The van der Waals surface area contributed by atoms with Gasteiger partial charge in [-0.05, 0) is 37.6 Å². The molecule has 0 amide bonds. The molecule has 0 spiro atoms. The first-order chi connectivity index (χ1) is 9.20. The van der Waals surface area contributed by atoms with Crippen LogP contribution >= 0.6 is 11.6 Å². The van der Waals surface area contributed by atoms with Crippen molar-refractivity contribution in [3.63, 3.8) is 0 Å². The average molecular weight is 308 g/mol. The highest BCUT2D eigenvalue weighted by Crippen LogP contribution is 2.40. The van der Waals surface area contributed by atoms with Gasteiger partial charge in [-0.2, -0.15) is 13.2 Å². The van der Waals surface area contributed by atoms with E-state index < -0.39 is 17.7 Å². The largest absolute Gasteiger partial charge is 0.417 e. The molecule has 112 valence electrons. The van der Waals surface area contributed by atoms with Gasteiger partial charge in [0.2, 0.25) is 0 Å². The van der Waals surface area contributed by atoms with Crippen LogP contribution in [0.3, 0.4) is 0 Å². The first-order valence-electron chi connectivity index (χ1n) is 6.46. The predicted molar refractivity (Wildman–Crippen MR) is 71.5 cm³/mol. The van der Waals surface area contributed by atoms with Crippen LogP contribution in [0.1, 0.15) is 18.9 Å². The lowest BCUT2D eigenvalue weighted by Crippen LogP contribution is -2.49. The first kappa shape index (κ1) is 15.6. The summed E-state index contributed by atoms with van der Waals surface area (Å²) in [6.07, 6.45) is -4.24. The maximum atomic E-state index is 12.8. The van der Waals surface area contributed by atoms with E-state index in [1.165, 1.54) is 0 Å². The fraction of sp³-hybridized carbons (Fsp3) is 0.571. The zero-order valence-electron chi connectivity index (χ0n) is 11.1. The minimum atomic E-state index is -4.59. The molecule has 2 nitrogen and oxygen atoms in total. The second-order valence-electron chi connectivity index (χ2n) is 5.49. The molecule has 1 aromatic rings.